The molecular formula is C10H20N2O2. The van der Waals surface area contributed by atoms with Crippen molar-refractivity contribution in [1.82, 2.24) is 10.6 Å². The van der Waals surface area contributed by atoms with E-state index in [1.807, 2.05) is 0 Å². The first-order valence-electron chi connectivity index (χ1n) is 5.15. The number of carbonyl (C=O) groups is 1. The van der Waals surface area contributed by atoms with Crippen molar-refractivity contribution in [2.45, 2.75) is 19.8 Å². The topological polar surface area (TPSA) is 50.4 Å². The molecule has 0 aromatic heterocycles. The smallest absolute Gasteiger partial charge is 0.233 e. The van der Waals surface area contributed by atoms with Gasteiger partial charge in [-0.15, -0.1) is 0 Å². The van der Waals surface area contributed by atoms with E-state index in [0.717, 1.165) is 32.6 Å². The van der Waals surface area contributed by atoms with Crippen LogP contribution in [0.4, 0.5) is 0 Å². The first-order valence-corrected chi connectivity index (χ1v) is 5.15. The minimum Gasteiger partial charge on any atom is -0.381 e. The van der Waals surface area contributed by atoms with Gasteiger partial charge < -0.3 is 15.4 Å². The largest absolute Gasteiger partial charge is 0.381 e. The quantitative estimate of drug-likeness (QED) is 0.678. The van der Waals surface area contributed by atoms with E-state index in [-0.39, 0.29) is 11.3 Å². The molecule has 0 aromatic rings. The standard InChI is InChI=1S/C10H20N2O2/c1-10(3-5-14-6-4-10)8-12-9(13)7-11-2/h11H,3-8H2,1-2H3,(H,12,13). The van der Waals surface area contributed by atoms with Gasteiger partial charge in [0.15, 0.2) is 0 Å². The van der Waals surface area contributed by atoms with Gasteiger partial charge in [-0.05, 0) is 25.3 Å². The second-order valence-corrected chi connectivity index (χ2v) is 4.23. The monoisotopic (exact) mass is 200 g/mol. The highest BCUT2D eigenvalue weighted by atomic mass is 16.5. The molecule has 0 saturated carbocycles. The van der Waals surface area contributed by atoms with Gasteiger partial charge in [-0.1, -0.05) is 6.92 Å². The van der Waals surface area contributed by atoms with Gasteiger partial charge in [-0.3, -0.25) is 4.79 Å². The lowest BCUT2D eigenvalue weighted by Crippen LogP contribution is -2.41. The molecule has 0 spiro atoms. The van der Waals surface area contributed by atoms with E-state index in [4.69, 9.17) is 4.74 Å². The highest BCUT2D eigenvalue weighted by Gasteiger charge is 2.27. The minimum absolute atomic E-state index is 0.0696. The maximum absolute atomic E-state index is 11.2. The maximum atomic E-state index is 11.2. The molecule has 1 rings (SSSR count). The molecule has 0 radical (unpaired) electrons. The third-order valence-electron chi connectivity index (χ3n) is 2.75. The van der Waals surface area contributed by atoms with Crippen LogP contribution in [-0.4, -0.2) is 39.3 Å². The van der Waals surface area contributed by atoms with Gasteiger partial charge in [-0.25, -0.2) is 0 Å². The van der Waals surface area contributed by atoms with E-state index in [9.17, 15) is 4.79 Å². The third-order valence-corrected chi connectivity index (χ3v) is 2.75. The van der Waals surface area contributed by atoms with E-state index in [2.05, 4.69) is 17.6 Å². The van der Waals surface area contributed by atoms with E-state index >= 15 is 0 Å². The normalized spacial score (nSPS) is 20.4. The molecule has 1 amide bonds. The van der Waals surface area contributed by atoms with Crippen molar-refractivity contribution < 1.29 is 9.53 Å². The summed E-state index contributed by atoms with van der Waals surface area (Å²) in [5.74, 6) is 0.0696. The molecule has 2 N–H and O–H groups in total. The van der Waals surface area contributed by atoms with Gasteiger partial charge in [0.25, 0.3) is 0 Å². The number of hydrogen-bond donors (Lipinski definition) is 2. The molecule has 0 aliphatic carbocycles. The number of rotatable bonds is 4. The summed E-state index contributed by atoms with van der Waals surface area (Å²) in [6, 6.07) is 0. The van der Waals surface area contributed by atoms with Crippen LogP contribution < -0.4 is 10.6 Å². The molecule has 1 aliphatic rings. The summed E-state index contributed by atoms with van der Waals surface area (Å²) in [5, 5.41) is 5.77. The summed E-state index contributed by atoms with van der Waals surface area (Å²) in [7, 11) is 1.77. The van der Waals surface area contributed by atoms with Gasteiger partial charge in [0.2, 0.25) is 5.91 Å². The lowest BCUT2D eigenvalue weighted by molar-refractivity contribution is -0.121. The third kappa shape index (κ3) is 3.64. The van der Waals surface area contributed by atoms with E-state index in [1.54, 1.807) is 7.05 Å². The highest BCUT2D eigenvalue weighted by Crippen LogP contribution is 2.28. The summed E-state index contributed by atoms with van der Waals surface area (Å²) in [5.41, 5.74) is 0.224. The Bertz CT molecular complexity index is 189. The highest BCUT2D eigenvalue weighted by molar-refractivity contribution is 5.77. The maximum Gasteiger partial charge on any atom is 0.233 e. The van der Waals surface area contributed by atoms with Crippen LogP contribution >= 0.6 is 0 Å². The van der Waals surface area contributed by atoms with E-state index in [0.29, 0.717) is 6.54 Å². The SMILES string of the molecule is CNCC(=O)NCC1(C)CCOCC1. The number of carbonyl (C=O) groups excluding carboxylic acids is 1. The van der Waals surface area contributed by atoms with Crippen LogP contribution in [0.2, 0.25) is 0 Å². The molecular weight excluding hydrogens is 180 g/mol. The lowest BCUT2D eigenvalue weighted by Gasteiger charge is -2.33. The zero-order chi connectivity index (χ0) is 10.4. The van der Waals surface area contributed by atoms with Gasteiger partial charge in [0, 0.05) is 19.8 Å². The van der Waals surface area contributed by atoms with Crippen LogP contribution in [0.5, 0.6) is 0 Å². The number of hydrogen-bond acceptors (Lipinski definition) is 3. The molecule has 1 saturated heterocycles. The van der Waals surface area contributed by atoms with Crippen LogP contribution in [-0.2, 0) is 9.53 Å². The molecule has 14 heavy (non-hydrogen) atoms. The van der Waals surface area contributed by atoms with Crippen molar-refractivity contribution >= 4 is 5.91 Å². The Morgan fingerprint density at radius 2 is 2.07 bits per heavy atom. The molecule has 0 unspecified atom stereocenters. The predicted molar refractivity (Wildman–Crippen MR) is 55.1 cm³/mol. The van der Waals surface area contributed by atoms with Crippen LogP contribution in [0.1, 0.15) is 19.8 Å². The van der Waals surface area contributed by atoms with Gasteiger partial charge in [-0.2, -0.15) is 0 Å². The molecule has 4 nitrogen and oxygen atoms in total. The second kappa shape index (κ2) is 5.32. The molecule has 0 aromatic carbocycles. The van der Waals surface area contributed by atoms with Crippen molar-refractivity contribution in [3.8, 4) is 0 Å². The Morgan fingerprint density at radius 3 is 2.64 bits per heavy atom. The van der Waals surface area contributed by atoms with Crippen LogP contribution in [0.25, 0.3) is 0 Å². The van der Waals surface area contributed by atoms with Crippen molar-refractivity contribution in [1.29, 1.82) is 0 Å². The van der Waals surface area contributed by atoms with Crippen LogP contribution in [0.3, 0.4) is 0 Å². The molecule has 4 heteroatoms. The van der Waals surface area contributed by atoms with E-state index in [1.165, 1.54) is 0 Å². The average Bonchev–Trinajstić information content (AvgIpc) is 2.17. The first kappa shape index (κ1) is 11.5. The molecule has 0 atom stereocenters. The zero-order valence-corrected chi connectivity index (χ0v) is 9.06. The van der Waals surface area contributed by atoms with Crippen molar-refractivity contribution in [3.63, 3.8) is 0 Å². The Balaban J connectivity index is 2.24. The average molecular weight is 200 g/mol. The first-order chi connectivity index (χ1) is 6.66. The molecule has 0 bridgehead atoms. The van der Waals surface area contributed by atoms with Crippen molar-refractivity contribution in [3.05, 3.63) is 0 Å². The van der Waals surface area contributed by atoms with E-state index < -0.39 is 0 Å². The van der Waals surface area contributed by atoms with Crippen molar-refractivity contribution in [2.75, 3.05) is 33.4 Å². The number of nitrogens with one attached hydrogen (secondary N) is 2. The molecule has 1 aliphatic heterocycles. The summed E-state index contributed by atoms with van der Waals surface area (Å²) in [4.78, 5) is 11.2. The Labute approximate surface area is 85.4 Å². The van der Waals surface area contributed by atoms with Gasteiger partial charge >= 0.3 is 0 Å². The number of ether oxygens (including phenoxy) is 1. The molecule has 1 heterocycles. The Hall–Kier alpha value is -0.610. The Kier molecular flexibility index (Phi) is 4.35. The summed E-state index contributed by atoms with van der Waals surface area (Å²) < 4.78 is 5.29. The summed E-state index contributed by atoms with van der Waals surface area (Å²) in [6.45, 7) is 5.00. The molecule has 82 valence electrons. The summed E-state index contributed by atoms with van der Waals surface area (Å²) in [6.07, 6.45) is 2.07. The van der Waals surface area contributed by atoms with Crippen molar-refractivity contribution in [2.24, 2.45) is 5.41 Å². The fourth-order valence-corrected chi connectivity index (χ4v) is 1.58. The minimum atomic E-state index is 0.0696. The fraction of sp³-hybridized carbons (Fsp3) is 0.900. The van der Waals surface area contributed by atoms with Crippen LogP contribution in [0, 0.1) is 5.41 Å². The number of likely N-dealkylation sites (N-methyl/N-ethyl adjacent to an activating group) is 1. The summed E-state index contributed by atoms with van der Waals surface area (Å²) >= 11 is 0. The zero-order valence-electron chi connectivity index (χ0n) is 9.06. The fourth-order valence-electron chi connectivity index (χ4n) is 1.58. The predicted octanol–water partition coefficient (Wildman–Crippen LogP) is 0.139. The molecule has 1 fully saturated rings. The number of amides is 1. The lowest BCUT2D eigenvalue weighted by atomic mass is 9.82. The van der Waals surface area contributed by atoms with Gasteiger partial charge in [0.1, 0.15) is 0 Å². The van der Waals surface area contributed by atoms with Gasteiger partial charge in [0.05, 0.1) is 6.54 Å². The second-order valence-electron chi connectivity index (χ2n) is 4.23. The Morgan fingerprint density at radius 1 is 1.43 bits per heavy atom. The van der Waals surface area contributed by atoms with Crippen LogP contribution in [0.15, 0.2) is 0 Å².